The molecule has 1 aliphatic carbocycles. The van der Waals surface area contributed by atoms with E-state index in [2.05, 4.69) is 10.6 Å². The lowest BCUT2D eigenvalue weighted by atomic mass is 9.89. The number of carbonyl (C=O) groups excluding carboxylic acids is 3. The number of carbonyl (C=O) groups is 3. The van der Waals surface area contributed by atoms with Gasteiger partial charge in [0.2, 0.25) is 5.91 Å². The van der Waals surface area contributed by atoms with Gasteiger partial charge in [-0.05, 0) is 49.9 Å². The average Bonchev–Trinajstić information content (AvgIpc) is 3.06. The summed E-state index contributed by atoms with van der Waals surface area (Å²) >= 11 is 7.22. The lowest BCUT2D eigenvalue weighted by molar-refractivity contribution is -0.120. The summed E-state index contributed by atoms with van der Waals surface area (Å²) in [5.74, 6) is -1.14. The molecule has 2 N–H and O–H groups in total. The second-order valence-corrected chi connectivity index (χ2v) is 8.92. The minimum absolute atomic E-state index is 0.0707. The van der Waals surface area contributed by atoms with Crippen LogP contribution in [0.4, 0.5) is 10.7 Å². The van der Waals surface area contributed by atoms with Gasteiger partial charge in [0, 0.05) is 16.6 Å². The van der Waals surface area contributed by atoms with Crippen molar-refractivity contribution < 1.29 is 19.1 Å². The summed E-state index contributed by atoms with van der Waals surface area (Å²) < 4.78 is 4.89. The highest BCUT2D eigenvalue weighted by Crippen LogP contribution is 2.35. The van der Waals surface area contributed by atoms with Crippen molar-refractivity contribution in [2.75, 3.05) is 17.7 Å². The minimum Gasteiger partial charge on any atom is -0.465 e. The quantitative estimate of drug-likeness (QED) is 0.585. The zero-order chi connectivity index (χ0) is 21.8. The van der Waals surface area contributed by atoms with Gasteiger partial charge >= 0.3 is 5.97 Å². The largest absolute Gasteiger partial charge is 0.465 e. The van der Waals surface area contributed by atoms with Crippen LogP contribution in [-0.4, -0.2) is 24.9 Å². The van der Waals surface area contributed by atoms with Crippen molar-refractivity contribution in [2.45, 2.75) is 46.0 Å². The Balaban J connectivity index is 1.87. The number of aryl methyl sites for hydroxylation is 1. The molecule has 1 fully saturated rings. The Morgan fingerprint density at radius 1 is 1.10 bits per heavy atom. The smallest absolute Gasteiger partial charge is 0.341 e. The Morgan fingerprint density at radius 2 is 1.80 bits per heavy atom. The van der Waals surface area contributed by atoms with Gasteiger partial charge in [0.25, 0.3) is 5.91 Å². The number of rotatable bonds is 5. The van der Waals surface area contributed by atoms with Crippen molar-refractivity contribution in [3.05, 3.63) is 44.8 Å². The normalized spacial score (nSPS) is 14.3. The standard InChI is InChI=1S/C22H25ClN2O4S/c1-12-9-10-15(11-16(12)23)24-20(27)18-13(2)17(22(28)29-3)21(30-18)25-19(26)14-7-5-4-6-8-14/h9-11,14H,4-8H2,1-3H3,(H,24,27)(H,25,26). The zero-order valence-corrected chi connectivity index (χ0v) is 18.8. The van der Waals surface area contributed by atoms with Gasteiger partial charge in [0.15, 0.2) is 0 Å². The van der Waals surface area contributed by atoms with Gasteiger partial charge in [-0.15, -0.1) is 11.3 Å². The van der Waals surface area contributed by atoms with E-state index in [0.29, 0.717) is 26.2 Å². The first kappa shape index (κ1) is 22.3. The zero-order valence-electron chi connectivity index (χ0n) is 17.3. The number of nitrogens with one attached hydrogen (secondary N) is 2. The molecule has 0 aliphatic heterocycles. The monoisotopic (exact) mass is 448 g/mol. The number of methoxy groups -OCH3 is 1. The molecular formula is C22H25ClN2O4S. The number of anilines is 2. The molecule has 1 saturated carbocycles. The Bertz CT molecular complexity index is 980. The second-order valence-electron chi connectivity index (χ2n) is 7.49. The number of esters is 1. The number of thiophene rings is 1. The Hall–Kier alpha value is -2.38. The average molecular weight is 449 g/mol. The van der Waals surface area contributed by atoms with Crippen LogP contribution in [0.5, 0.6) is 0 Å². The predicted octanol–water partition coefficient (Wildman–Crippen LogP) is 5.58. The second kappa shape index (κ2) is 9.62. The first-order valence-corrected chi connectivity index (χ1v) is 11.1. The summed E-state index contributed by atoms with van der Waals surface area (Å²) in [6, 6.07) is 5.24. The number of ether oxygens (including phenoxy) is 1. The molecule has 1 aromatic carbocycles. The van der Waals surface area contributed by atoms with Gasteiger partial charge in [-0.2, -0.15) is 0 Å². The van der Waals surface area contributed by atoms with Crippen molar-refractivity contribution in [3.63, 3.8) is 0 Å². The van der Waals surface area contributed by atoms with Crippen LogP contribution in [0.3, 0.4) is 0 Å². The molecule has 8 heteroatoms. The van der Waals surface area contributed by atoms with E-state index >= 15 is 0 Å². The molecule has 1 heterocycles. The molecule has 0 atom stereocenters. The third-order valence-electron chi connectivity index (χ3n) is 5.38. The van der Waals surface area contributed by atoms with Crippen molar-refractivity contribution >= 4 is 51.4 Å². The fourth-order valence-corrected chi connectivity index (χ4v) is 4.88. The number of hydrogen-bond donors (Lipinski definition) is 2. The molecule has 0 spiro atoms. The highest BCUT2D eigenvalue weighted by Gasteiger charge is 2.28. The first-order valence-electron chi connectivity index (χ1n) is 9.92. The molecule has 6 nitrogen and oxygen atoms in total. The van der Waals surface area contributed by atoms with Crippen molar-refractivity contribution in [1.82, 2.24) is 0 Å². The van der Waals surface area contributed by atoms with Crippen LogP contribution in [0.1, 0.15) is 63.3 Å². The van der Waals surface area contributed by atoms with Gasteiger partial charge in [0.1, 0.15) is 5.00 Å². The maximum absolute atomic E-state index is 12.9. The predicted molar refractivity (Wildman–Crippen MR) is 120 cm³/mol. The summed E-state index contributed by atoms with van der Waals surface area (Å²) in [6.07, 6.45) is 4.87. The van der Waals surface area contributed by atoms with E-state index < -0.39 is 5.97 Å². The molecule has 160 valence electrons. The Labute approximate surface area is 185 Å². The van der Waals surface area contributed by atoms with Crippen LogP contribution < -0.4 is 10.6 Å². The van der Waals surface area contributed by atoms with Crippen LogP contribution in [-0.2, 0) is 9.53 Å². The summed E-state index contributed by atoms with van der Waals surface area (Å²) in [6.45, 7) is 3.55. The maximum Gasteiger partial charge on any atom is 0.341 e. The third kappa shape index (κ3) is 4.84. The van der Waals surface area contributed by atoms with Crippen LogP contribution in [0, 0.1) is 19.8 Å². The molecule has 30 heavy (non-hydrogen) atoms. The van der Waals surface area contributed by atoms with Crippen LogP contribution in [0.15, 0.2) is 18.2 Å². The van der Waals surface area contributed by atoms with Crippen molar-refractivity contribution in [3.8, 4) is 0 Å². The Morgan fingerprint density at radius 3 is 2.43 bits per heavy atom. The van der Waals surface area contributed by atoms with Crippen molar-refractivity contribution in [1.29, 1.82) is 0 Å². The lowest BCUT2D eigenvalue weighted by Crippen LogP contribution is -2.25. The van der Waals surface area contributed by atoms with Crippen LogP contribution in [0.2, 0.25) is 5.02 Å². The number of benzene rings is 1. The molecule has 0 radical (unpaired) electrons. The molecule has 2 aromatic rings. The van der Waals surface area contributed by atoms with E-state index in [4.69, 9.17) is 16.3 Å². The molecule has 0 saturated heterocycles. The summed E-state index contributed by atoms with van der Waals surface area (Å²) in [5.41, 5.74) is 2.15. The number of halogens is 1. The van der Waals surface area contributed by atoms with Gasteiger partial charge in [-0.1, -0.05) is 36.9 Å². The third-order valence-corrected chi connectivity index (χ3v) is 7.00. The number of hydrogen-bond acceptors (Lipinski definition) is 5. The summed E-state index contributed by atoms with van der Waals surface area (Å²) in [5, 5.41) is 6.57. The topological polar surface area (TPSA) is 84.5 Å². The summed E-state index contributed by atoms with van der Waals surface area (Å²) in [7, 11) is 1.28. The lowest BCUT2D eigenvalue weighted by Gasteiger charge is -2.20. The molecule has 0 bridgehead atoms. The van der Waals surface area contributed by atoms with E-state index in [1.54, 1.807) is 19.1 Å². The fraction of sp³-hybridized carbons (Fsp3) is 0.409. The van der Waals surface area contributed by atoms with E-state index in [0.717, 1.165) is 49.0 Å². The summed E-state index contributed by atoms with van der Waals surface area (Å²) in [4.78, 5) is 38.3. The van der Waals surface area contributed by atoms with Crippen LogP contribution in [0.25, 0.3) is 0 Å². The van der Waals surface area contributed by atoms with E-state index in [1.807, 2.05) is 13.0 Å². The van der Waals surface area contributed by atoms with E-state index in [-0.39, 0.29) is 23.3 Å². The Kier molecular flexibility index (Phi) is 7.15. The highest BCUT2D eigenvalue weighted by molar-refractivity contribution is 7.19. The van der Waals surface area contributed by atoms with Crippen LogP contribution >= 0.6 is 22.9 Å². The van der Waals surface area contributed by atoms with Crippen molar-refractivity contribution in [2.24, 2.45) is 5.92 Å². The molecular weight excluding hydrogens is 424 g/mol. The SMILES string of the molecule is COC(=O)c1c(NC(=O)C2CCCCC2)sc(C(=O)Nc2ccc(C)c(Cl)c2)c1C. The highest BCUT2D eigenvalue weighted by atomic mass is 35.5. The number of amides is 2. The van der Waals surface area contributed by atoms with Gasteiger partial charge in [0.05, 0.1) is 17.6 Å². The minimum atomic E-state index is -0.583. The fourth-order valence-electron chi connectivity index (χ4n) is 3.60. The molecule has 1 aliphatic rings. The molecule has 0 unspecified atom stereocenters. The van der Waals surface area contributed by atoms with E-state index in [1.165, 1.54) is 7.11 Å². The van der Waals surface area contributed by atoms with E-state index in [9.17, 15) is 14.4 Å². The molecule has 3 rings (SSSR count). The maximum atomic E-state index is 12.9. The first-order chi connectivity index (χ1) is 14.3. The van der Waals surface area contributed by atoms with Gasteiger partial charge in [-0.25, -0.2) is 4.79 Å². The van der Waals surface area contributed by atoms with Gasteiger partial charge < -0.3 is 15.4 Å². The molecule has 1 aromatic heterocycles. The molecule has 2 amide bonds. The van der Waals surface area contributed by atoms with Gasteiger partial charge in [-0.3, -0.25) is 9.59 Å².